The zero-order valence-electron chi connectivity index (χ0n) is 18.7. The van der Waals surface area contributed by atoms with Crippen LogP contribution in [-0.4, -0.2) is 47.4 Å². The van der Waals surface area contributed by atoms with Crippen molar-refractivity contribution in [3.8, 4) is 0 Å². The number of thioether (sulfide) groups is 1. The fourth-order valence-electron chi connectivity index (χ4n) is 3.66. The van der Waals surface area contributed by atoms with Crippen molar-refractivity contribution in [3.63, 3.8) is 0 Å². The standard InChI is InChI=1S/C23H28F3N3O2S/c1-13-7-18(21(31)27-10-14-11-32-6-5-19(14)30)29-20-16(13)8-15(28-12-23(24,25)26)9-17(20)22(2,3)4/h7-9,14,28H,5-6,10-12H2,1-4H3,(H,27,31). The van der Waals surface area contributed by atoms with Gasteiger partial charge in [0.25, 0.3) is 5.91 Å². The Morgan fingerprint density at radius 1 is 1.22 bits per heavy atom. The molecule has 9 heteroatoms. The Labute approximate surface area is 189 Å². The van der Waals surface area contributed by atoms with Gasteiger partial charge in [-0.3, -0.25) is 9.59 Å². The molecule has 32 heavy (non-hydrogen) atoms. The van der Waals surface area contributed by atoms with Crippen LogP contribution in [0.15, 0.2) is 18.2 Å². The van der Waals surface area contributed by atoms with Crippen LogP contribution in [0.3, 0.4) is 0 Å². The molecule has 5 nitrogen and oxygen atoms in total. The Kier molecular flexibility index (Phi) is 7.07. The number of hydrogen-bond donors (Lipinski definition) is 2. The van der Waals surface area contributed by atoms with Crippen LogP contribution in [0.2, 0.25) is 0 Å². The molecule has 1 aromatic heterocycles. The maximum absolute atomic E-state index is 12.8. The van der Waals surface area contributed by atoms with E-state index in [9.17, 15) is 22.8 Å². The molecule has 1 saturated heterocycles. The number of hydrogen-bond acceptors (Lipinski definition) is 5. The van der Waals surface area contributed by atoms with Crippen molar-refractivity contribution in [2.45, 2.75) is 45.7 Å². The first-order chi connectivity index (χ1) is 14.8. The normalized spacial score (nSPS) is 17.5. The first-order valence-electron chi connectivity index (χ1n) is 10.5. The molecule has 2 heterocycles. The zero-order valence-corrected chi connectivity index (χ0v) is 19.5. The molecule has 2 aromatic rings. The molecular formula is C23H28F3N3O2S. The van der Waals surface area contributed by atoms with Crippen molar-refractivity contribution in [1.82, 2.24) is 10.3 Å². The molecule has 1 aromatic carbocycles. The number of aromatic nitrogens is 1. The van der Waals surface area contributed by atoms with Gasteiger partial charge < -0.3 is 10.6 Å². The minimum atomic E-state index is -4.33. The number of carbonyl (C=O) groups is 2. The van der Waals surface area contributed by atoms with E-state index < -0.39 is 18.1 Å². The fourth-order valence-corrected chi connectivity index (χ4v) is 4.76. The number of aryl methyl sites for hydroxylation is 1. The number of Topliss-reactive ketones (excluding diaryl/α,β-unsaturated/α-hetero) is 1. The highest BCUT2D eigenvalue weighted by molar-refractivity contribution is 7.99. The van der Waals surface area contributed by atoms with Crippen molar-refractivity contribution < 1.29 is 22.8 Å². The van der Waals surface area contributed by atoms with E-state index in [0.29, 0.717) is 28.8 Å². The van der Waals surface area contributed by atoms with Gasteiger partial charge in [-0.2, -0.15) is 24.9 Å². The number of carbonyl (C=O) groups excluding carboxylic acids is 2. The summed E-state index contributed by atoms with van der Waals surface area (Å²) in [6.45, 7) is 6.80. The maximum Gasteiger partial charge on any atom is 0.405 e. The Morgan fingerprint density at radius 2 is 1.94 bits per heavy atom. The number of pyridine rings is 1. The van der Waals surface area contributed by atoms with E-state index in [0.717, 1.165) is 16.9 Å². The summed E-state index contributed by atoms with van der Waals surface area (Å²) in [6.07, 6.45) is -3.80. The first kappa shape index (κ1) is 24.4. The second kappa shape index (κ2) is 9.29. The largest absolute Gasteiger partial charge is 0.405 e. The van der Waals surface area contributed by atoms with Crippen molar-refractivity contribution in [3.05, 3.63) is 35.0 Å². The van der Waals surface area contributed by atoms with Gasteiger partial charge in [0.1, 0.15) is 18.0 Å². The molecule has 3 rings (SSSR count). The van der Waals surface area contributed by atoms with E-state index in [2.05, 4.69) is 15.6 Å². The molecule has 0 aliphatic carbocycles. The summed E-state index contributed by atoms with van der Waals surface area (Å²) in [5, 5.41) is 5.97. The number of fused-ring (bicyclic) bond motifs is 1. The van der Waals surface area contributed by atoms with Gasteiger partial charge in [-0.25, -0.2) is 4.98 Å². The minimum absolute atomic E-state index is 0.167. The van der Waals surface area contributed by atoms with Crippen molar-refractivity contribution in [2.24, 2.45) is 5.92 Å². The Balaban J connectivity index is 1.93. The summed E-state index contributed by atoms with van der Waals surface area (Å²) in [6, 6.07) is 4.94. The molecule has 0 saturated carbocycles. The van der Waals surface area contributed by atoms with Gasteiger partial charge in [-0.15, -0.1) is 0 Å². The molecule has 2 N–H and O–H groups in total. The van der Waals surface area contributed by atoms with E-state index in [1.165, 1.54) is 0 Å². The molecular weight excluding hydrogens is 439 g/mol. The molecule has 1 amide bonds. The number of ketones is 1. The first-order valence-corrected chi connectivity index (χ1v) is 11.7. The molecule has 0 spiro atoms. The van der Waals surface area contributed by atoms with Gasteiger partial charge in [0.15, 0.2) is 0 Å². The van der Waals surface area contributed by atoms with Crippen LogP contribution < -0.4 is 10.6 Å². The number of rotatable bonds is 5. The lowest BCUT2D eigenvalue weighted by atomic mass is 9.84. The van der Waals surface area contributed by atoms with Crippen molar-refractivity contribution >= 4 is 40.0 Å². The lowest BCUT2D eigenvalue weighted by Gasteiger charge is -2.24. The summed E-state index contributed by atoms with van der Waals surface area (Å²) in [4.78, 5) is 29.4. The van der Waals surface area contributed by atoms with Crippen LogP contribution in [0.5, 0.6) is 0 Å². The summed E-state index contributed by atoms with van der Waals surface area (Å²) in [7, 11) is 0. The van der Waals surface area contributed by atoms with Crippen molar-refractivity contribution in [2.75, 3.05) is 29.9 Å². The van der Waals surface area contributed by atoms with Gasteiger partial charge in [0.05, 0.1) is 5.52 Å². The van der Waals surface area contributed by atoms with E-state index >= 15 is 0 Å². The Bertz CT molecular complexity index is 1030. The molecule has 1 aliphatic heterocycles. The van der Waals surface area contributed by atoms with Gasteiger partial charge in [-0.05, 0) is 41.7 Å². The number of nitrogens with one attached hydrogen (secondary N) is 2. The van der Waals surface area contributed by atoms with Crippen LogP contribution >= 0.6 is 11.8 Å². The van der Waals surface area contributed by atoms with E-state index in [1.807, 2.05) is 27.7 Å². The molecule has 1 fully saturated rings. The third kappa shape index (κ3) is 5.94. The Morgan fingerprint density at radius 3 is 2.56 bits per heavy atom. The number of benzene rings is 1. The lowest BCUT2D eigenvalue weighted by Crippen LogP contribution is -2.36. The third-order valence-electron chi connectivity index (χ3n) is 5.43. The van der Waals surface area contributed by atoms with Gasteiger partial charge in [0, 0.05) is 41.5 Å². The quantitative estimate of drug-likeness (QED) is 0.657. The van der Waals surface area contributed by atoms with Crippen molar-refractivity contribution in [1.29, 1.82) is 0 Å². The highest BCUT2D eigenvalue weighted by Crippen LogP contribution is 2.34. The van der Waals surface area contributed by atoms with Crippen LogP contribution in [-0.2, 0) is 10.2 Å². The zero-order chi connectivity index (χ0) is 23.7. The monoisotopic (exact) mass is 467 g/mol. The Hall–Kier alpha value is -2.29. The van der Waals surface area contributed by atoms with E-state index in [1.54, 1.807) is 30.0 Å². The summed E-state index contributed by atoms with van der Waals surface area (Å²) in [5.41, 5.74) is 2.25. The molecule has 1 unspecified atom stereocenters. The molecule has 0 bridgehead atoms. The smallest absolute Gasteiger partial charge is 0.376 e. The minimum Gasteiger partial charge on any atom is -0.376 e. The highest BCUT2D eigenvalue weighted by Gasteiger charge is 2.28. The maximum atomic E-state index is 12.8. The van der Waals surface area contributed by atoms with Crippen LogP contribution in [0.4, 0.5) is 18.9 Å². The topological polar surface area (TPSA) is 71.1 Å². The highest BCUT2D eigenvalue weighted by atomic mass is 32.2. The third-order valence-corrected chi connectivity index (χ3v) is 6.56. The summed E-state index contributed by atoms with van der Waals surface area (Å²) in [5.74, 6) is 1.14. The second-order valence-corrected chi connectivity index (χ2v) is 10.3. The molecule has 1 atom stereocenters. The van der Waals surface area contributed by atoms with Crippen LogP contribution in [0.25, 0.3) is 10.9 Å². The second-order valence-electron chi connectivity index (χ2n) is 9.16. The lowest BCUT2D eigenvalue weighted by molar-refractivity contribution is -0.121. The van der Waals surface area contributed by atoms with Crippen LogP contribution in [0, 0.1) is 12.8 Å². The number of anilines is 1. The number of amides is 1. The van der Waals surface area contributed by atoms with Gasteiger partial charge >= 0.3 is 6.18 Å². The number of alkyl halides is 3. The average Bonchev–Trinajstić information content (AvgIpc) is 2.69. The van der Waals surface area contributed by atoms with Gasteiger partial charge in [0.2, 0.25) is 0 Å². The number of nitrogens with zero attached hydrogens (tertiary/aromatic N) is 1. The SMILES string of the molecule is Cc1cc(C(=O)NCC2CSCCC2=O)nc2c(C(C)(C)C)cc(NCC(F)(F)F)cc12. The fraction of sp³-hybridized carbons (Fsp3) is 0.522. The molecule has 1 aliphatic rings. The van der Waals surface area contributed by atoms with Gasteiger partial charge in [-0.1, -0.05) is 20.8 Å². The van der Waals surface area contributed by atoms with Crippen LogP contribution in [0.1, 0.15) is 48.8 Å². The summed E-state index contributed by atoms with van der Waals surface area (Å²) >= 11 is 1.71. The average molecular weight is 468 g/mol. The summed E-state index contributed by atoms with van der Waals surface area (Å²) < 4.78 is 38.1. The molecule has 174 valence electrons. The molecule has 0 radical (unpaired) electrons. The van der Waals surface area contributed by atoms with E-state index in [4.69, 9.17) is 0 Å². The number of halogens is 3. The predicted octanol–water partition coefficient (Wildman–Crippen LogP) is 4.87. The van der Waals surface area contributed by atoms with E-state index in [-0.39, 0.29) is 29.8 Å². The predicted molar refractivity (Wildman–Crippen MR) is 122 cm³/mol.